The maximum atomic E-state index is 12.3. The second kappa shape index (κ2) is 8.06. The number of aliphatic hydroxyl groups is 1. The number of amides is 1. The van der Waals surface area contributed by atoms with Crippen molar-refractivity contribution >= 4 is 17.7 Å². The molecule has 0 saturated heterocycles. The summed E-state index contributed by atoms with van der Waals surface area (Å²) in [6.45, 7) is 6.51. The number of benzene rings is 1. The molecule has 1 unspecified atom stereocenters. The van der Waals surface area contributed by atoms with Crippen LogP contribution in [-0.4, -0.2) is 40.0 Å². The van der Waals surface area contributed by atoms with Crippen LogP contribution in [0.15, 0.2) is 12.1 Å². The van der Waals surface area contributed by atoms with Crippen molar-refractivity contribution in [3.05, 3.63) is 34.4 Å². The van der Waals surface area contributed by atoms with Crippen LogP contribution >= 0.6 is 0 Å². The van der Waals surface area contributed by atoms with Gasteiger partial charge in [-0.25, -0.2) is 4.79 Å². The molecule has 0 saturated carbocycles. The second-order valence-corrected chi connectivity index (χ2v) is 6.41. The van der Waals surface area contributed by atoms with Gasteiger partial charge in [0.15, 0.2) is 11.4 Å². The number of carbonyl (C=O) groups excluding carboxylic acids is 2. The van der Waals surface area contributed by atoms with Crippen molar-refractivity contribution in [2.45, 2.75) is 52.6 Å². The molecule has 0 fully saturated rings. The van der Waals surface area contributed by atoms with Crippen LogP contribution in [-0.2, 0) is 9.59 Å². The lowest BCUT2D eigenvalue weighted by molar-refractivity contribution is -0.156. The fourth-order valence-electron chi connectivity index (χ4n) is 2.59. The molecule has 24 heavy (non-hydrogen) atoms. The summed E-state index contributed by atoms with van der Waals surface area (Å²) < 4.78 is 0. The largest absolute Gasteiger partial charge is 0.479 e. The van der Waals surface area contributed by atoms with Crippen molar-refractivity contribution < 1.29 is 24.6 Å². The highest BCUT2D eigenvalue weighted by atomic mass is 16.4. The monoisotopic (exact) mass is 335 g/mol. The third-order valence-corrected chi connectivity index (χ3v) is 3.85. The molecule has 132 valence electrons. The average Bonchev–Trinajstić information content (AvgIpc) is 2.44. The Morgan fingerprint density at radius 1 is 1.08 bits per heavy atom. The molecular weight excluding hydrogens is 310 g/mol. The van der Waals surface area contributed by atoms with Gasteiger partial charge in [0.05, 0.1) is 6.54 Å². The zero-order valence-corrected chi connectivity index (χ0v) is 14.6. The van der Waals surface area contributed by atoms with Crippen LogP contribution in [0, 0.1) is 20.8 Å². The van der Waals surface area contributed by atoms with Crippen LogP contribution in [0.4, 0.5) is 0 Å². The van der Waals surface area contributed by atoms with Crippen LogP contribution in [0.3, 0.4) is 0 Å². The SMILES string of the molecule is Cc1cc(C)c(C(=O)CCCC(=O)NCC(C)(O)C(=O)O)c(C)c1. The Hall–Kier alpha value is -2.21. The Morgan fingerprint density at radius 3 is 2.12 bits per heavy atom. The Labute approximate surface area is 141 Å². The van der Waals surface area contributed by atoms with Crippen molar-refractivity contribution in [3.63, 3.8) is 0 Å². The molecule has 1 aromatic rings. The average molecular weight is 335 g/mol. The van der Waals surface area contributed by atoms with E-state index in [2.05, 4.69) is 5.32 Å². The van der Waals surface area contributed by atoms with Crippen molar-refractivity contribution in [2.24, 2.45) is 0 Å². The zero-order valence-electron chi connectivity index (χ0n) is 14.6. The molecule has 1 amide bonds. The summed E-state index contributed by atoms with van der Waals surface area (Å²) in [5.74, 6) is -1.79. The zero-order chi connectivity index (χ0) is 18.5. The third-order valence-electron chi connectivity index (χ3n) is 3.85. The number of rotatable bonds is 8. The molecule has 1 atom stereocenters. The van der Waals surface area contributed by atoms with Crippen LogP contribution < -0.4 is 5.32 Å². The van der Waals surface area contributed by atoms with Crippen molar-refractivity contribution in [1.82, 2.24) is 5.32 Å². The molecule has 0 aromatic heterocycles. The van der Waals surface area contributed by atoms with Crippen molar-refractivity contribution in [3.8, 4) is 0 Å². The van der Waals surface area contributed by atoms with Crippen LogP contribution in [0.25, 0.3) is 0 Å². The highest BCUT2D eigenvalue weighted by Crippen LogP contribution is 2.19. The van der Waals surface area contributed by atoms with E-state index in [1.807, 2.05) is 32.9 Å². The van der Waals surface area contributed by atoms with Gasteiger partial charge in [-0.15, -0.1) is 0 Å². The summed E-state index contributed by atoms with van der Waals surface area (Å²) in [5.41, 5.74) is 1.67. The molecule has 0 spiro atoms. The second-order valence-electron chi connectivity index (χ2n) is 6.41. The normalized spacial score (nSPS) is 13.2. The van der Waals surface area contributed by atoms with Gasteiger partial charge in [0.25, 0.3) is 0 Å². The predicted octanol–water partition coefficient (Wildman–Crippen LogP) is 1.92. The van der Waals surface area contributed by atoms with Gasteiger partial charge in [-0.05, 0) is 45.2 Å². The van der Waals surface area contributed by atoms with E-state index in [1.54, 1.807) is 0 Å². The van der Waals surface area contributed by atoms with E-state index >= 15 is 0 Å². The van der Waals surface area contributed by atoms with Gasteiger partial charge < -0.3 is 15.5 Å². The predicted molar refractivity (Wildman–Crippen MR) is 90.1 cm³/mol. The Balaban J connectivity index is 2.49. The molecule has 0 aliphatic carbocycles. The molecule has 6 heteroatoms. The first-order valence-electron chi connectivity index (χ1n) is 7.88. The minimum absolute atomic E-state index is 0.00432. The van der Waals surface area contributed by atoms with Crippen LogP contribution in [0.5, 0.6) is 0 Å². The van der Waals surface area contributed by atoms with Crippen LogP contribution in [0.1, 0.15) is 53.2 Å². The highest BCUT2D eigenvalue weighted by Gasteiger charge is 2.30. The Morgan fingerprint density at radius 2 is 1.62 bits per heavy atom. The molecule has 1 rings (SSSR count). The first-order valence-corrected chi connectivity index (χ1v) is 7.88. The molecule has 0 aliphatic rings. The number of aliphatic carboxylic acids is 1. The lowest BCUT2D eigenvalue weighted by Gasteiger charge is -2.18. The lowest BCUT2D eigenvalue weighted by Crippen LogP contribution is -2.46. The fraction of sp³-hybridized carbons (Fsp3) is 0.500. The van der Waals surface area contributed by atoms with Crippen molar-refractivity contribution in [2.75, 3.05) is 6.54 Å². The number of hydrogen-bond donors (Lipinski definition) is 3. The molecule has 0 heterocycles. The molecule has 3 N–H and O–H groups in total. The lowest BCUT2D eigenvalue weighted by atomic mass is 9.94. The molecule has 0 bridgehead atoms. The number of aryl methyl sites for hydroxylation is 3. The van der Waals surface area contributed by atoms with Crippen molar-refractivity contribution in [1.29, 1.82) is 0 Å². The number of carboxylic acid groups (broad SMARTS) is 1. The number of Topliss-reactive ketones (excluding diaryl/α,β-unsaturated/α-hetero) is 1. The van der Waals surface area contributed by atoms with E-state index in [4.69, 9.17) is 5.11 Å². The first-order chi connectivity index (χ1) is 11.0. The van der Waals surface area contributed by atoms with E-state index < -0.39 is 11.6 Å². The van der Waals surface area contributed by atoms with Gasteiger partial charge in [0.2, 0.25) is 5.91 Å². The number of nitrogens with one attached hydrogen (secondary N) is 1. The number of hydrogen-bond acceptors (Lipinski definition) is 4. The van der Waals surface area contributed by atoms with Gasteiger partial charge in [-0.2, -0.15) is 0 Å². The summed E-state index contributed by atoms with van der Waals surface area (Å²) in [4.78, 5) is 34.8. The summed E-state index contributed by atoms with van der Waals surface area (Å²) >= 11 is 0. The van der Waals surface area contributed by atoms with E-state index in [9.17, 15) is 19.5 Å². The maximum Gasteiger partial charge on any atom is 0.337 e. The molecule has 1 aromatic carbocycles. The number of ketones is 1. The van der Waals surface area contributed by atoms with E-state index in [1.165, 1.54) is 0 Å². The minimum Gasteiger partial charge on any atom is -0.479 e. The molecule has 0 radical (unpaired) electrons. The topological polar surface area (TPSA) is 104 Å². The quantitative estimate of drug-likeness (QED) is 0.630. The van der Waals surface area contributed by atoms with Gasteiger partial charge >= 0.3 is 5.97 Å². The van der Waals surface area contributed by atoms with E-state index in [0.717, 1.165) is 23.6 Å². The summed E-state index contributed by atoms with van der Waals surface area (Å²) in [7, 11) is 0. The van der Waals surface area contributed by atoms with Gasteiger partial charge in [-0.3, -0.25) is 9.59 Å². The van der Waals surface area contributed by atoms with E-state index in [-0.39, 0.29) is 31.1 Å². The van der Waals surface area contributed by atoms with Gasteiger partial charge in [0.1, 0.15) is 0 Å². The summed E-state index contributed by atoms with van der Waals surface area (Å²) in [6.07, 6.45) is 0.714. The standard InChI is InChI=1S/C18H25NO5/c1-11-8-12(2)16(13(3)9-11)14(20)6-5-7-15(21)19-10-18(4,24)17(22)23/h8-9,24H,5-7,10H2,1-4H3,(H,19,21)(H,22,23). The molecule has 6 nitrogen and oxygen atoms in total. The minimum atomic E-state index is -2.00. The third kappa shape index (κ3) is 5.45. The van der Waals surface area contributed by atoms with Gasteiger partial charge in [-0.1, -0.05) is 17.7 Å². The smallest absolute Gasteiger partial charge is 0.337 e. The molecular formula is C18H25NO5. The van der Waals surface area contributed by atoms with Crippen LogP contribution in [0.2, 0.25) is 0 Å². The fourth-order valence-corrected chi connectivity index (χ4v) is 2.59. The molecule has 0 aliphatic heterocycles. The highest BCUT2D eigenvalue weighted by molar-refractivity contribution is 5.99. The summed E-state index contributed by atoms with van der Waals surface area (Å²) in [6, 6.07) is 3.92. The Kier molecular flexibility index (Phi) is 6.66. The first kappa shape index (κ1) is 19.8. The van der Waals surface area contributed by atoms with Gasteiger partial charge in [0, 0.05) is 18.4 Å². The van der Waals surface area contributed by atoms with E-state index in [0.29, 0.717) is 12.0 Å². The number of carbonyl (C=O) groups is 3. The summed E-state index contributed by atoms with van der Waals surface area (Å²) in [5, 5.41) is 20.6. The number of carboxylic acids is 1. The maximum absolute atomic E-state index is 12.3. The Bertz CT molecular complexity index is 626.